The topological polar surface area (TPSA) is 104 Å². The molecule has 3 fully saturated rings. The number of aliphatic hydroxyl groups is 1. The number of pyridine rings is 1. The molecule has 2 saturated heterocycles. The van der Waals surface area contributed by atoms with Crippen LogP contribution in [-0.2, 0) is 5.60 Å². The van der Waals surface area contributed by atoms with Gasteiger partial charge in [-0.25, -0.2) is 0 Å². The summed E-state index contributed by atoms with van der Waals surface area (Å²) in [5, 5.41) is 23.1. The van der Waals surface area contributed by atoms with Gasteiger partial charge >= 0.3 is 0 Å². The number of carbonyl (C=O) groups is 1. The number of nitrogens with one attached hydrogen (secondary N) is 2. The van der Waals surface area contributed by atoms with Crippen LogP contribution >= 0.6 is 0 Å². The van der Waals surface area contributed by atoms with Crippen molar-refractivity contribution in [2.24, 2.45) is 0 Å². The van der Waals surface area contributed by atoms with Gasteiger partial charge in [0.05, 0.1) is 17.2 Å². The molecule has 0 spiro atoms. The number of aromatic nitrogens is 3. The Balaban J connectivity index is 1.24. The Kier molecular flexibility index (Phi) is 6.62. The van der Waals surface area contributed by atoms with E-state index in [-0.39, 0.29) is 17.2 Å². The molecule has 1 aromatic carbocycles. The molecule has 0 bridgehead atoms. The van der Waals surface area contributed by atoms with Crippen LogP contribution in [0.25, 0.3) is 10.9 Å². The van der Waals surface area contributed by atoms with Gasteiger partial charge in [0.2, 0.25) is 0 Å². The van der Waals surface area contributed by atoms with Crippen LogP contribution in [0, 0.1) is 0 Å². The highest BCUT2D eigenvalue weighted by molar-refractivity contribution is 6.05. The van der Waals surface area contributed by atoms with E-state index >= 15 is 0 Å². The third-order valence-corrected chi connectivity index (χ3v) is 8.43. The molecule has 1 saturated carbocycles. The first-order chi connectivity index (χ1) is 18.3. The van der Waals surface area contributed by atoms with Crippen molar-refractivity contribution in [3.05, 3.63) is 58.1 Å². The Morgan fingerprint density at radius 1 is 1.05 bits per heavy atom. The molecule has 6 rings (SSSR count). The summed E-state index contributed by atoms with van der Waals surface area (Å²) in [5.41, 5.74) is 0.488. The Morgan fingerprint density at radius 3 is 2.47 bits per heavy atom. The van der Waals surface area contributed by atoms with Crippen LogP contribution < -0.4 is 16.2 Å². The lowest BCUT2D eigenvalue weighted by Crippen LogP contribution is -2.46. The van der Waals surface area contributed by atoms with Crippen molar-refractivity contribution in [1.82, 2.24) is 24.6 Å². The second-order valence-electron chi connectivity index (χ2n) is 11.7. The number of fused-ring (bicyclic) bond motifs is 1. The fraction of sp³-hybridized carbons (Fsp3) is 0.552. The second-order valence-corrected chi connectivity index (χ2v) is 11.7. The number of nitrogens with zero attached hydrogens (tertiary/aromatic N) is 4. The number of carbonyl (C=O) groups excluding carboxylic acids is 1. The number of rotatable bonds is 6. The highest BCUT2D eigenvalue weighted by Crippen LogP contribution is 2.35. The van der Waals surface area contributed by atoms with Crippen molar-refractivity contribution in [2.75, 3.05) is 31.5 Å². The van der Waals surface area contributed by atoms with Gasteiger partial charge in [0.25, 0.3) is 11.5 Å². The lowest BCUT2D eigenvalue weighted by atomic mass is 9.95. The smallest absolute Gasteiger partial charge is 0.263 e. The standard InChI is InChI=1S/C29H38N6O3/c1-29(2,38)24-17-25-19(16-26(24)31-27(36)23-4-3-13-34(28(23)37)21-5-6-21)18-35(32-25)22-9-14-33(15-10-22)20-7-11-30-12-8-20/h3-4,13,16-18,20-22,30,38H,5-12,14-15H2,1-2H3,(H,31,36). The van der Waals surface area contributed by atoms with Crippen molar-refractivity contribution in [3.63, 3.8) is 0 Å². The SMILES string of the molecule is CC(C)(O)c1cc2nn(C3CCN(C4CCNCC4)CC3)cc2cc1NC(=O)c1cccn(C2CC2)c1=O. The van der Waals surface area contributed by atoms with Gasteiger partial charge in [-0.15, -0.1) is 0 Å². The average molecular weight is 519 g/mol. The monoisotopic (exact) mass is 518 g/mol. The molecule has 0 atom stereocenters. The first-order valence-electron chi connectivity index (χ1n) is 14.0. The molecule has 9 nitrogen and oxygen atoms in total. The third kappa shape index (κ3) is 5.02. The molecule has 202 valence electrons. The molecule has 38 heavy (non-hydrogen) atoms. The Bertz CT molecular complexity index is 1390. The van der Waals surface area contributed by atoms with Crippen LogP contribution in [0.3, 0.4) is 0 Å². The molecule has 3 N–H and O–H groups in total. The Labute approximate surface area is 222 Å². The van der Waals surface area contributed by atoms with Gasteiger partial charge in [-0.2, -0.15) is 5.10 Å². The summed E-state index contributed by atoms with van der Waals surface area (Å²) < 4.78 is 3.71. The van der Waals surface area contributed by atoms with Gasteiger partial charge < -0.3 is 25.2 Å². The molecule has 3 aromatic rings. The van der Waals surface area contributed by atoms with E-state index in [2.05, 4.69) is 20.2 Å². The number of piperidine rings is 2. The third-order valence-electron chi connectivity index (χ3n) is 8.43. The summed E-state index contributed by atoms with van der Waals surface area (Å²) in [7, 11) is 0. The number of hydrogen-bond donors (Lipinski definition) is 3. The number of anilines is 1. The van der Waals surface area contributed by atoms with Crippen molar-refractivity contribution in [2.45, 2.75) is 76.1 Å². The van der Waals surface area contributed by atoms with Crippen LogP contribution in [0.1, 0.15) is 80.4 Å². The van der Waals surface area contributed by atoms with Gasteiger partial charge in [0.1, 0.15) is 5.56 Å². The van der Waals surface area contributed by atoms with E-state index in [4.69, 9.17) is 5.10 Å². The number of hydrogen-bond acceptors (Lipinski definition) is 6. The zero-order chi connectivity index (χ0) is 26.4. The van der Waals surface area contributed by atoms with Crippen molar-refractivity contribution in [3.8, 4) is 0 Å². The van der Waals surface area contributed by atoms with Gasteiger partial charge in [-0.05, 0) is 89.7 Å². The van der Waals surface area contributed by atoms with E-state index in [1.54, 1.807) is 36.7 Å². The molecule has 0 unspecified atom stereocenters. The van der Waals surface area contributed by atoms with Crippen molar-refractivity contribution in [1.29, 1.82) is 0 Å². The second kappa shape index (κ2) is 9.94. The Morgan fingerprint density at radius 2 is 1.79 bits per heavy atom. The number of amides is 1. The summed E-state index contributed by atoms with van der Waals surface area (Å²) in [5.74, 6) is -0.465. The zero-order valence-electron chi connectivity index (χ0n) is 22.3. The molecule has 2 aromatic heterocycles. The molecular weight excluding hydrogens is 480 g/mol. The van der Waals surface area contributed by atoms with Crippen LogP contribution in [0.15, 0.2) is 41.5 Å². The van der Waals surface area contributed by atoms with Crippen LogP contribution in [0.4, 0.5) is 5.69 Å². The first-order valence-corrected chi connectivity index (χ1v) is 14.0. The molecule has 3 aliphatic rings. The molecule has 0 radical (unpaired) electrons. The summed E-state index contributed by atoms with van der Waals surface area (Å²) in [6.07, 6.45) is 10.3. The maximum absolute atomic E-state index is 13.2. The van der Waals surface area contributed by atoms with Crippen LogP contribution in [0.2, 0.25) is 0 Å². The quantitative estimate of drug-likeness (QED) is 0.462. The van der Waals surface area contributed by atoms with Crippen molar-refractivity contribution < 1.29 is 9.90 Å². The summed E-state index contributed by atoms with van der Waals surface area (Å²) >= 11 is 0. The molecule has 9 heteroatoms. The highest BCUT2D eigenvalue weighted by atomic mass is 16.3. The van der Waals surface area contributed by atoms with Gasteiger partial charge in [0, 0.05) is 54.2 Å². The van der Waals surface area contributed by atoms with E-state index < -0.39 is 11.5 Å². The zero-order valence-corrected chi connectivity index (χ0v) is 22.3. The summed E-state index contributed by atoms with van der Waals surface area (Å²) in [4.78, 5) is 28.8. The molecular formula is C29H38N6O3. The minimum Gasteiger partial charge on any atom is -0.386 e. The maximum atomic E-state index is 13.2. The van der Waals surface area contributed by atoms with E-state index in [1.807, 2.05) is 18.3 Å². The van der Waals surface area contributed by atoms with Gasteiger partial charge in [-0.1, -0.05) is 0 Å². The van der Waals surface area contributed by atoms with E-state index in [1.165, 1.54) is 12.8 Å². The largest absolute Gasteiger partial charge is 0.386 e. The summed E-state index contributed by atoms with van der Waals surface area (Å²) in [6.45, 7) is 7.77. The van der Waals surface area contributed by atoms with E-state index in [0.29, 0.717) is 23.3 Å². The molecule has 4 heterocycles. The molecule has 1 amide bonds. The first kappa shape index (κ1) is 25.3. The minimum atomic E-state index is -1.20. The molecule has 1 aliphatic carbocycles. The predicted molar refractivity (Wildman–Crippen MR) is 148 cm³/mol. The lowest BCUT2D eigenvalue weighted by Gasteiger charge is -2.39. The molecule has 2 aliphatic heterocycles. The number of likely N-dealkylation sites (tertiary alicyclic amines) is 1. The van der Waals surface area contributed by atoms with Gasteiger partial charge in [0.15, 0.2) is 0 Å². The van der Waals surface area contributed by atoms with Crippen molar-refractivity contribution >= 4 is 22.5 Å². The van der Waals surface area contributed by atoms with E-state index in [9.17, 15) is 14.7 Å². The normalized spacial score (nSPS) is 20.2. The number of benzene rings is 1. The Hall–Kier alpha value is -3.01. The maximum Gasteiger partial charge on any atom is 0.263 e. The fourth-order valence-electron chi connectivity index (χ4n) is 6.09. The summed E-state index contributed by atoms with van der Waals surface area (Å²) in [6, 6.07) is 8.25. The fourth-order valence-corrected chi connectivity index (χ4v) is 6.09. The minimum absolute atomic E-state index is 0.109. The van der Waals surface area contributed by atoms with Crippen LogP contribution in [0.5, 0.6) is 0 Å². The van der Waals surface area contributed by atoms with E-state index in [0.717, 1.165) is 62.8 Å². The lowest BCUT2D eigenvalue weighted by molar-refractivity contribution is 0.0794. The highest BCUT2D eigenvalue weighted by Gasteiger charge is 2.29. The predicted octanol–water partition coefficient (Wildman–Crippen LogP) is 3.40. The van der Waals surface area contributed by atoms with Gasteiger partial charge in [-0.3, -0.25) is 14.3 Å². The average Bonchev–Trinajstić information content (AvgIpc) is 3.67. The van der Waals surface area contributed by atoms with Crippen LogP contribution in [-0.4, -0.2) is 62.5 Å².